The molecule has 0 saturated carbocycles. The molecule has 0 amide bonds. The van der Waals surface area contributed by atoms with Crippen LogP contribution in [-0.4, -0.2) is 6.54 Å². The molecule has 0 aromatic heterocycles. The third-order valence-electron chi connectivity index (χ3n) is 2.76. The smallest absolute Gasteiger partial charge is 0.125 e. The molecule has 4 heteroatoms. The minimum atomic E-state index is -0.315. The van der Waals surface area contributed by atoms with E-state index < -0.39 is 0 Å². The van der Waals surface area contributed by atoms with E-state index >= 15 is 0 Å². The second kappa shape index (κ2) is 6.29. The maximum Gasteiger partial charge on any atom is 0.125 e. The average molecular weight is 263 g/mol. The Balaban J connectivity index is 2.15. The van der Waals surface area contributed by atoms with Gasteiger partial charge in [-0.1, -0.05) is 12.1 Å². The number of hydrogen-bond acceptors (Lipinski definition) is 2. The summed E-state index contributed by atoms with van der Waals surface area (Å²) in [5.41, 5.74) is 6.40. The average Bonchev–Trinajstić information content (AvgIpc) is 2.42. The van der Waals surface area contributed by atoms with Crippen LogP contribution in [0, 0.1) is 11.6 Å². The van der Waals surface area contributed by atoms with Crippen LogP contribution < -0.4 is 10.5 Å². The van der Waals surface area contributed by atoms with E-state index in [4.69, 9.17) is 10.5 Å². The predicted octanol–water partition coefficient (Wildman–Crippen LogP) is 3.43. The third-order valence-corrected chi connectivity index (χ3v) is 2.76. The first-order valence-corrected chi connectivity index (χ1v) is 6.07. The SMILES string of the molecule is NCCC(Oc1ccc(F)cc1)c1ccc(F)cc1. The van der Waals surface area contributed by atoms with Gasteiger partial charge in [-0.2, -0.15) is 0 Å². The van der Waals surface area contributed by atoms with E-state index in [2.05, 4.69) is 0 Å². The van der Waals surface area contributed by atoms with Gasteiger partial charge in [0, 0.05) is 6.42 Å². The molecule has 100 valence electrons. The molecule has 0 aliphatic carbocycles. The van der Waals surface area contributed by atoms with Crippen molar-refractivity contribution < 1.29 is 13.5 Å². The normalized spacial score (nSPS) is 12.2. The lowest BCUT2D eigenvalue weighted by Gasteiger charge is -2.19. The van der Waals surface area contributed by atoms with Crippen LogP contribution in [0.2, 0.25) is 0 Å². The van der Waals surface area contributed by atoms with Crippen molar-refractivity contribution >= 4 is 0 Å². The highest BCUT2D eigenvalue weighted by Crippen LogP contribution is 2.24. The van der Waals surface area contributed by atoms with Crippen molar-refractivity contribution in [1.82, 2.24) is 0 Å². The van der Waals surface area contributed by atoms with E-state index in [0.29, 0.717) is 18.7 Å². The first-order valence-electron chi connectivity index (χ1n) is 6.07. The second-order valence-corrected chi connectivity index (χ2v) is 4.19. The molecule has 1 unspecified atom stereocenters. The van der Waals surface area contributed by atoms with Crippen LogP contribution in [0.4, 0.5) is 8.78 Å². The van der Waals surface area contributed by atoms with Gasteiger partial charge in [0.05, 0.1) is 0 Å². The highest BCUT2D eigenvalue weighted by atomic mass is 19.1. The number of nitrogens with two attached hydrogens (primary N) is 1. The molecule has 2 rings (SSSR count). The molecule has 0 aliphatic heterocycles. The van der Waals surface area contributed by atoms with Crippen molar-refractivity contribution in [3.05, 3.63) is 65.7 Å². The second-order valence-electron chi connectivity index (χ2n) is 4.19. The van der Waals surface area contributed by atoms with Gasteiger partial charge in [-0.3, -0.25) is 0 Å². The lowest BCUT2D eigenvalue weighted by atomic mass is 10.1. The first-order chi connectivity index (χ1) is 9.19. The van der Waals surface area contributed by atoms with Crippen molar-refractivity contribution in [2.24, 2.45) is 5.73 Å². The van der Waals surface area contributed by atoms with Crippen LogP contribution in [0.15, 0.2) is 48.5 Å². The van der Waals surface area contributed by atoms with Crippen LogP contribution >= 0.6 is 0 Å². The van der Waals surface area contributed by atoms with Crippen molar-refractivity contribution in [1.29, 1.82) is 0 Å². The van der Waals surface area contributed by atoms with Crippen LogP contribution in [-0.2, 0) is 0 Å². The van der Waals surface area contributed by atoms with E-state index in [1.54, 1.807) is 24.3 Å². The Morgan fingerprint density at radius 1 is 0.895 bits per heavy atom. The summed E-state index contributed by atoms with van der Waals surface area (Å²) < 4.78 is 31.5. The minimum absolute atomic E-state index is 0.268. The minimum Gasteiger partial charge on any atom is -0.486 e. The molecule has 0 saturated heterocycles. The predicted molar refractivity (Wildman–Crippen MR) is 69.8 cm³/mol. The van der Waals surface area contributed by atoms with Gasteiger partial charge < -0.3 is 10.5 Å². The monoisotopic (exact) mass is 263 g/mol. The molecular weight excluding hydrogens is 248 g/mol. The molecule has 0 aliphatic rings. The Hall–Kier alpha value is -1.94. The summed E-state index contributed by atoms with van der Waals surface area (Å²) >= 11 is 0. The summed E-state index contributed by atoms with van der Waals surface area (Å²) in [7, 11) is 0. The topological polar surface area (TPSA) is 35.2 Å². The molecule has 0 bridgehead atoms. The number of hydrogen-bond donors (Lipinski definition) is 1. The lowest BCUT2D eigenvalue weighted by Crippen LogP contribution is -2.13. The van der Waals surface area contributed by atoms with E-state index in [1.165, 1.54) is 24.3 Å². The molecule has 0 fully saturated rings. The van der Waals surface area contributed by atoms with Crippen molar-refractivity contribution in [2.45, 2.75) is 12.5 Å². The summed E-state index contributed by atoms with van der Waals surface area (Å²) in [6.45, 7) is 0.448. The van der Waals surface area contributed by atoms with E-state index in [9.17, 15) is 8.78 Å². The Bertz CT molecular complexity index is 511. The largest absolute Gasteiger partial charge is 0.486 e. The first kappa shape index (κ1) is 13.5. The summed E-state index contributed by atoms with van der Waals surface area (Å²) in [5.74, 6) is -0.0503. The van der Waals surface area contributed by atoms with E-state index in [1.807, 2.05) is 0 Å². The van der Waals surface area contributed by atoms with Gasteiger partial charge >= 0.3 is 0 Å². The lowest BCUT2D eigenvalue weighted by molar-refractivity contribution is 0.197. The van der Waals surface area contributed by atoms with Crippen molar-refractivity contribution in [3.63, 3.8) is 0 Å². The van der Waals surface area contributed by atoms with Gasteiger partial charge in [0.2, 0.25) is 0 Å². The fraction of sp³-hybridized carbons (Fsp3) is 0.200. The zero-order valence-corrected chi connectivity index (χ0v) is 10.4. The van der Waals surface area contributed by atoms with Gasteiger partial charge in [0.1, 0.15) is 23.5 Å². The zero-order chi connectivity index (χ0) is 13.7. The van der Waals surface area contributed by atoms with Crippen LogP contribution in [0.1, 0.15) is 18.1 Å². The van der Waals surface area contributed by atoms with E-state index in [0.717, 1.165) is 5.56 Å². The van der Waals surface area contributed by atoms with Gasteiger partial charge in [0.15, 0.2) is 0 Å². The molecule has 0 radical (unpaired) electrons. The fourth-order valence-corrected chi connectivity index (χ4v) is 1.80. The molecule has 1 atom stereocenters. The third kappa shape index (κ3) is 3.76. The quantitative estimate of drug-likeness (QED) is 0.897. The maximum atomic E-state index is 12.9. The molecular formula is C15H15F2NO. The molecule has 0 spiro atoms. The van der Waals surface area contributed by atoms with Gasteiger partial charge in [-0.15, -0.1) is 0 Å². The maximum absolute atomic E-state index is 12.9. The van der Waals surface area contributed by atoms with Crippen molar-refractivity contribution in [2.75, 3.05) is 6.54 Å². The summed E-state index contributed by atoms with van der Waals surface area (Å²) in [6, 6.07) is 11.9. The Labute approximate surface area is 110 Å². The van der Waals surface area contributed by atoms with Crippen LogP contribution in [0.5, 0.6) is 5.75 Å². The van der Waals surface area contributed by atoms with Crippen LogP contribution in [0.3, 0.4) is 0 Å². The molecule has 2 nitrogen and oxygen atoms in total. The van der Waals surface area contributed by atoms with Gasteiger partial charge in [-0.05, 0) is 48.5 Å². The Morgan fingerprint density at radius 2 is 1.42 bits per heavy atom. The van der Waals surface area contributed by atoms with E-state index in [-0.39, 0.29) is 17.7 Å². The standard InChI is InChI=1S/C15H15F2NO/c16-12-3-1-11(2-4-12)15(9-10-18)19-14-7-5-13(17)6-8-14/h1-8,15H,9-10,18H2. The van der Waals surface area contributed by atoms with Gasteiger partial charge in [0.25, 0.3) is 0 Å². The van der Waals surface area contributed by atoms with Gasteiger partial charge in [-0.25, -0.2) is 8.78 Å². The zero-order valence-electron chi connectivity index (χ0n) is 10.4. The molecule has 0 heterocycles. The molecule has 2 N–H and O–H groups in total. The number of halogens is 2. The Kier molecular flexibility index (Phi) is 4.47. The molecule has 19 heavy (non-hydrogen) atoms. The summed E-state index contributed by atoms with van der Waals surface area (Å²) in [6.07, 6.45) is 0.333. The summed E-state index contributed by atoms with van der Waals surface area (Å²) in [5, 5.41) is 0. The molecule has 2 aromatic rings. The number of benzene rings is 2. The van der Waals surface area contributed by atoms with Crippen LogP contribution in [0.25, 0.3) is 0 Å². The highest BCUT2D eigenvalue weighted by molar-refractivity contribution is 5.25. The number of ether oxygens (including phenoxy) is 1. The number of rotatable bonds is 5. The Morgan fingerprint density at radius 3 is 1.95 bits per heavy atom. The molecule has 2 aromatic carbocycles. The highest BCUT2D eigenvalue weighted by Gasteiger charge is 2.12. The van der Waals surface area contributed by atoms with Crippen molar-refractivity contribution in [3.8, 4) is 5.75 Å². The summed E-state index contributed by atoms with van der Waals surface area (Å²) in [4.78, 5) is 0. The fourth-order valence-electron chi connectivity index (χ4n) is 1.80.